The normalized spacial score (nSPS) is 29.7. The van der Waals surface area contributed by atoms with Crippen molar-refractivity contribution in [3.8, 4) is 5.75 Å². The molecule has 0 aromatic heterocycles. The number of carbonyl (C=O) groups excluding carboxylic acids is 2. The molecule has 0 radical (unpaired) electrons. The Bertz CT molecular complexity index is 1100. The molecule has 36 heavy (non-hydrogen) atoms. The maximum absolute atomic E-state index is 12.5. The Morgan fingerprint density at radius 2 is 1.86 bits per heavy atom. The largest absolute Gasteiger partial charge is 0.507 e. The maximum Gasteiger partial charge on any atom is 0.333 e. The number of aliphatic hydroxyl groups excluding tert-OH is 1. The summed E-state index contributed by atoms with van der Waals surface area (Å²) in [4.78, 5) is 46.1. The van der Waals surface area contributed by atoms with Gasteiger partial charge in [-0.3, -0.25) is 19.3 Å². The Kier molecular flexibility index (Phi) is 6.84. The van der Waals surface area contributed by atoms with Gasteiger partial charge in [-0.1, -0.05) is 6.07 Å². The second-order valence-electron chi connectivity index (χ2n) is 10.4. The Morgan fingerprint density at radius 3 is 2.42 bits per heavy atom. The van der Waals surface area contributed by atoms with E-state index in [0.717, 1.165) is 24.6 Å². The van der Waals surface area contributed by atoms with Gasteiger partial charge in [-0.2, -0.15) is 0 Å². The van der Waals surface area contributed by atoms with E-state index in [-0.39, 0.29) is 29.6 Å². The zero-order valence-electron chi connectivity index (χ0n) is 19.9. The maximum atomic E-state index is 12.5. The predicted molar refractivity (Wildman–Crippen MR) is 124 cm³/mol. The number of carboxylic acid groups (broad SMARTS) is 2. The average molecular weight is 505 g/mol. The van der Waals surface area contributed by atoms with Gasteiger partial charge < -0.3 is 31.3 Å². The number of hydrogen-bond acceptors (Lipinski definition) is 8. The van der Waals surface area contributed by atoms with Crippen molar-refractivity contribution >= 4 is 23.6 Å². The number of phenols is 1. The lowest BCUT2D eigenvalue weighted by Gasteiger charge is -2.63. The fourth-order valence-electron chi connectivity index (χ4n) is 6.31. The van der Waals surface area contributed by atoms with Crippen LogP contribution in [-0.4, -0.2) is 84.9 Å². The molecule has 4 atom stereocenters. The second-order valence-corrected chi connectivity index (χ2v) is 10.4. The molecular weight excluding hydrogens is 472 g/mol. The Labute approximate surface area is 207 Å². The van der Waals surface area contributed by atoms with E-state index in [0.29, 0.717) is 31.2 Å². The number of rotatable bonds is 6. The first kappa shape index (κ1) is 26.1. The van der Waals surface area contributed by atoms with E-state index < -0.39 is 41.4 Å². The van der Waals surface area contributed by atoms with E-state index in [4.69, 9.17) is 21.1 Å². The second kappa shape index (κ2) is 9.45. The molecule has 1 amide bonds. The highest BCUT2D eigenvalue weighted by atomic mass is 16.4. The average Bonchev–Trinajstić information content (AvgIpc) is 3.60. The van der Waals surface area contributed by atoms with Crippen LogP contribution < -0.4 is 5.73 Å². The molecule has 3 fully saturated rings. The van der Waals surface area contributed by atoms with Crippen LogP contribution in [0, 0.1) is 5.92 Å². The third kappa shape index (κ3) is 4.46. The van der Waals surface area contributed by atoms with Gasteiger partial charge in [-0.05, 0) is 56.2 Å². The molecule has 5 rings (SSSR count). The molecule has 0 spiro atoms. The van der Waals surface area contributed by atoms with Crippen LogP contribution in [0.4, 0.5) is 0 Å². The number of fused-ring (bicyclic) bond motifs is 1. The van der Waals surface area contributed by atoms with Gasteiger partial charge >= 0.3 is 11.9 Å². The standard InChI is InChI=1S/C21H26N2O4.C4H6O5/c22-19(26)15-4-3-13-9-16-21(27)6-5-14(24)10-20(21,17(13)18(15)25)7-8-23(16)11-12-1-2-12;5-2(4(8)9)1-3(6)7/h3-4,12,16,25,27H,1-2,5-11H2,(H2,22,26);2,5H,1H2,(H,6,7)(H,8,9)/t16-,20-,21-;/m1./s1. The highest BCUT2D eigenvalue weighted by Gasteiger charge is 2.65. The van der Waals surface area contributed by atoms with Gasteiger partial charge in [0.25, 0.3) is 5.91 Å². The first-order chi connectivity index (χ1) is 16.9. The van der Waals surface area contributed by atoms with Gasteiger partial charge in [0.2, 0.25) is 0 Å². The molecule has 1 aromatic carbocycles. The minimum absolute atomic E-state index is 0.0497. The van der Waals surface area contributed by atoms with E-state index in [2.05, 4.69) is 4.90 Å². The van der Waals surface area contributed by atoms with Crippen LogP contribution in [0.5, 0.6) is 5.75 Å². The van der Waals surface area contributed by atoms with Crippen LogP contribution in [0.15, 0.2) is 12.1 Å². The molecule has 1 saturated heterocycles. The fraction of sp³-hybridized carbons (Fsp3) is 0.600. The third-order valence-electron chi connectivity index (χ3n) is 8.19. The number of aromatic hydroxyl groups is 1. The van der Waals surface area contributed by atoms with E-state index in [1.54, 1.807) is 6.07 Å². The number of hydrogen-bond donors (Lipinski definition) is 6. The summed E-state index contributed by atoms with van der Waals surface area (Å²) in [6, 6.07) is 3.37. The lowest BCUT2D eigenvalue weighted by atomic mass is 9.49. The predicted octanol–water partition coefficient (Wildman–Crippen LogP) is 0.160. The van der Waals surface area contributed by atoms with Crippen LogP contribution in [0.2, 0.25) is 0 Å². The molecule has 1 unspecified atom stereocenters. The van der Waals surface area contributed by atoms with Crippen molar-refractivity contribution in [3.63, 3.8) is 0 Å². The van der Waals surface area contributed by atoms with Crippen molar-refractivity contribution in [2.24, 2.45) is 11.7 Å². The molecule has 2 bridgehead atoms. The molecule has 1 aliphatic heterocycles. The Morgan fingerprint density at radius 1 is 1.17 bits per heavy atom. The van der Waals surface area contributed by atoms with Crippen molar-refractivity contribution in [1.29, 1.82) is 0 Å². The highest BCUT2D eigenvalue weighted by Crippen LogP contribution is 2.60. The number of carbonyl (C=O) groups is 4. The van der Waals surface area contributed by atoms with Gasteiger partial charge in [-0.25, -0.2) is 4.79 Å². The summed E-state index contributed by atoms with van der Waals surface area (Å²) in [7, 11) is 0. The molecule has 7 N–H and O–H groups in total. The number of Topliss-reactive ketones (excluding diaryl/α,β-unsaturated/α-hetero) is 1. The van der Waals surface area contributed by atoms with Crippen molar-refractivity contribution in [3.05, 3.63) is 28.8 Å². The van der Waals surface area contributed by atoms with Crippen LogP contribution in [0.1, 0.15) is 66.4 Å². The number of aliphatic carboxylic acids is 2. The summed E-state index contributed by atoms with van der Waals surface area (Å²) in [5.41, 5.74) is 5.16. The number of piperidine rings is 1. The van der Waals surface area contributed by atoms with Crippen LogP contribution in [-0.2, 0) is 26.2 Å². The number of aliphatic hydroxyl groups is 2. The number of carboxylic acids is 2. The van der Waals surface area contributed by atoms with E-state index in [1.807, 2.05) is 6.07 Å². The minimum atomic E-state index is -1.79. The topological polar surface area (TPSA) is 199 Å². The molecule has 196 valence electrons. The summed E-state index contributed by atoms with van der Waals surface area (Å²) in [6.07, 6.45) is 2.21. The summed E-state index contributed by atoms with van der Waals surface area (Å²) in [6.45, 7) is 1.80. The SMILES string of the molecule is NC(=O)c1ccc2c(c1O)[C@]13CCN(CC4CC4)[C@H](C2)[C@]1(O)CCC(=O)C3.O=C(O)CC(O)C(=O)O. The zero-order valence-corrected chi connectivity index (χ0v) is 19.9. The van der Waals surface area contributed by atoms with Crippen LogP contribution in [0.25, 0.3) is 0 Å². The van der Waals surface area contributed by atoms with Crippen molar-refractivity contribution in [2.45, 2.75) is 74.5 Å². The summed E-state index contributed by atoms with van der Waals surface area (Å²) >= 11 is 0. The first-order valence-corrected chi connectivity index (χ1v) is 12.2. The number of amides is 1. The number of nitrogens with two attached hydrogens (primary N) is 1. The number of likely N-dealkylation sites (tertiary alicyclic amines) is 1. The quantitative estimate of drug-likeness (QED) is 0.310. The van der Waals surface area contributed by atoms with Crippen LogP contribution >= 0.6 is 0 Å². The van der Waals surface area contributed by atoms with Gasteiger partial charge in [0.1, 0.15) is 11.5 Å². The molecule has 11 nitrogen and oxygen atoms in total. The van der Waals surface area contributed by atoms with Crippen molar-refractivity contribution in [2.75, 3.05) is 13.1 Å². The molecule has 1 heterocycles. The fourth-order valence-corrected chi connectivity index (χ4v) is 6.31. The molecule has 4 aliphatic rings. The van der Waals surface area contributed by atoms with Crippen molar-refractivity contribution < 1.29 is 44.7 Å². The molecule has 2 saturated carbocycles. The van der Waals surface area contributed by atoms with Crippen LogP contribution in [0.3, 0.4) is 0 Å². The molecule has 3 aliphatic carbocycles. The summed E-state index contributed by atoms with van der Waals surface area (Å²) < 4.78 is 0. The Hall–Kier alpha value is -3.02. The number of nitrogens with zero attached hydrogens (tertiary/aromatic N) is 1. The molecular formula is C25H32N2O9. The van der Waals surface area contributed by atoms with Gasteiger partial charge in [0.05, 0.1) is 17.6 Å². The summed E-state index contributed by atoms with van der Waals surface area (Å²) in [5, 5.41) is 47.0. The zero-order chi connectivity index (χ0) is 26.4. The van der Waals surface area contributed by atoms with Gasteiger partial charge in [0.15, 0.2) is 6.10 Å². The first-order valence-electron chi connectivity index (χ1n) is 12.2. The Balaban J connectivity index is 0.000000292. The smallest absolute Gasteiger partial charge is 0.333 e. The minimum Gasteiger partial charge on any atom is -0.507 e. The monoisotopic (exact) mass is 504 g/mol. The highest BCUT2D eigenvalue weighted by molar-refractivity contribution is 5.96. The van der Waals surface area contributed by atoms with E-state index >= 15 is 0 Å². The number of primary amides is 1. The summed E-state index contributed by atoms with van der Waals surface area (Å²) in [5.74, 6) is -2.83. The van der Waals surface area contributed by atoms with E-state index in [9.17, 15) is 29.4 Å². The van der Waals surface area contributed by atoms with Crippen molar-refractivity contribution in [1.82, 2.24) is 4.90 Å². The third-order valence-corrected chi connectivity index (χ3v) is 8.19. The van der Waals surface area contributed by atoms with Gasteiger partial charge in [-0.15, -0.1) is 0 Å². The number of ketones is 1. The lowest BCUT2D eigenvalue weighted by molar-refractivity contribution is -0.173. The van der Waals surface area contributed by atoms with Gasteiger partial charge in [0, 0.05) is 36.4 Å². The van der Waals surface area contributed by atoms with E-state index in [1.165, 1.54) is 12.8 Å². The molecule has 11 heteroatoms. The molecule has 1 aromatic rings. The number of benzene rings is 1. The lowest BCUT2D eigenvalue weighted by Crippen LogP contribution is -2.73.